The molecule has 0 aromatic carbocycles. The average molecular weight is 299 g/mol. The van der Waals surface area contributed by atoms with Crippen LogP contribution in [-0.2, 0) is 14.3 Å². The average Bonchev–Trinajstić information content (AvgIpc) is 2.42. The van der Waals surface area contributed by atoms with Gasteiger partial charge in [-0.25, -0.2) is 0 Å². The third-order valence-corrected chi connectivity index (χ3v) is 3.28. The third kappa shape index (κ3) is 15.2. The van der Waals surface area contributed by atoms with Crippen LogP contribution < -0.4 is 5.32 Å². The lowest BCUT2D eigenvalue weighted by Crippen LogP contribution is -2.31. The molecule has 4 nitrogen and oxygen atoms in total. The fraction of sp³-hybridized carbons (Fsp3) is 0.882. The highest BCUT2D eigenvalue weighted by molar-refractivity contribution is 5.81. The highest BCUT2D eigenvalue weighted by Crippen LogP contribution is 2.08. The highest BCUT2D eigenvalue weighted by atomic mass is 16.5. The first-order chi connectivity index (χ1) is 10.1. The van der Waals surface area contributed by atoms with E-state index in [0.717, 1.165) is 12.8 Å². The van der Waals surface area contributed by atoms with Gasteiger partial charge < -0.3 is 10.1 Å². The molecule has 0 aromatic heterocycles. The number of carbonyl (C=O) groups excluding carboxylic acids is 2. The van der Waals surface area contributed by atoms with Crippen LogP contribution >= 0.6 is 0 Å². The predicted octanol–water partition coefficient (Wildman–Crippen LogP) is 3.83. The van der Waals surface area contributed by atoms with E-state index in [9.17, 15) is 9.59 Å². The molecule has 0 saturated heterocycles. The maximum atomic E-state index is 11.4. The summed E-state index contributed by atoms with van der Waals surface area (Å²) < 4.78 is 5.09. The van der Waals surface area contributed by atoms with Crippen LogP contribution in [0.5, 0.6) is 0 Å². The number of hydrogen-bond donors (Lipinski definition) is 1. The first kappa shape index (κ1) is 19.9. The molecule has 1 N–H and O–H groups in total. The summed E-state index contributed by atoms with van der Waals surface area (Å²) in [5.41, 5.74) is 0. The van der Waals surface area contributed by atoms with Gasteiger partial charge in [-0.1, -0.05) is 65.7 Å². The zero-order valence-corrected chi connectivity index (χ0v) is 14.1. The van der Waals surface area contributed by atoms with Crippen molar-refractivity contribution in [1.29, 1.82) is 0 Å². The van der Waals surface area contributed by atoms with E-state index in [1.807, 2.05) is 13.8 Å². The topological polar surface area (TPSA) is 55.4 Å². The summed E-state index contributed by atoms with van der Waals surface area (Å²) >= 11 is 0. The molecule has 0 fully saturated rings. The van der Waals surface area contributed by atoms with Gasteiger partial charge in [0.25, 0.3) is 0 Å². The van der Waals surface area contributed by atoms with Crippen molar-refractivity contribution in [2.45, 2.75) is 78.6 Å². The molecule has 124 valence electrons. The normalized spacial score (nSPS) is 10.7. The number of unbranched alkanes of at least 4 members (excludes halogenated alkanes) is 7. The van der Waals surface area contributed by atoms with Gasteiger partial charge in [-0.05, 0) is 12.3 Å². The number of ether oxygens (including phenoxy) is 1. The largest absolute Gasteiger partial charge is 0.464 e. The van der Waals surface area contributed by atoms with E-state index in [0.29, 0.717) is 18.9 Å². The van der Waals surface area contributed by atoms with Crippen molar-refractivity contribution in [3.05, 3.63) is 0 Å². The quantitative estimate of drug-likeness (QED) is 0.415. The van der Waals surface area contributed by atoms with Gasteiger partial charge in [-0.15, -0.1) is 0 Å². The van der Waals surface area contributed by atoms with E-state index < -0.39 is 0 Å². The van der Waals surface area contributed by atoms with Crippen molar-refractivity contribution in [1.82, 2.24) is 5.32 Å². The Morgan fingerprint density at radius 2 is 1.52 bits per heavy atom. The lowest BCUT2D eigenvalue weighted by atomic mass is 10.1. The van der Waals surface area contributed by atoms with E-state index in [2.05, 4.69) is 12.2 Å². The summed E-state index contributed by atoms with van der Waals surface area (Å²) in [6.45, 7) is 6.62. The smallest absolute Gasteiger partial charge is 0.325 e. The Bertz CT molecular complexity index is 277. The van der Waals surface area contributed by atoms with E-state index in [1.165, 1.54) is 38.5 Å². The molecule has 0 bridgehead atoms. The summed E-state index contributed by atoms with van der Waals surface area (Å²) in [6.07, 6.45) is 10.2. The fourth-order valence-electron chi connectivity index (χ4n) is 2.09. The second kappa shape index (κ2) is 13.9. The van der Waals surface area contributed by atoms with E-state index in [1.54, 1.807) is 0 Å². The monoisotopic (exact) mass is 299 g/mol. The Labute approximate surface area is 130 Å². The first-order valence-electron chi connectivity index (χ1n) is 8.48. The van der Waals surface area contributed by atoms with Crippen LogP contribution in [0, 0.1) is 5.92 Å². The molecule has 4 heteroatoms. The molecule has 0 atom stereocenters. The molecule has 0 spiro atoms. The van der Waals surface area contributed by atoms with Crippen molar-refractivity contribution < 1.29 is 14.3 Å². The molecule has 0 aliphatic carbocycles. The number of hydrogen-bond acceptors (Lipinski definition) is 3. The molecule has 21 heavy (non-hydrogen) atoms. The molecular weight excluding hydrogens is 266 g/mol. The highest BCUT2D eigenvalue weighted by Gasteiger charge is 2.07. The van der Waals surface area contributed by atoms with Crippen molar-refractivity contribution in [3.8, 4) is 0 Å². The van der Waals surface area contributed by atoms with Crippen LogP contribution in [0.4, 0.5) is 0 Å². The van der Waals surface area contributed by atoms with Crippen molar-refractivity contribution >= 4 is 11.9 Å². The number of nitrogens with one attached hydrogen (secondary N) is 1. The van der Waals surface area contributed by atoms with Crippen molar-refractivity contribution in [2.75, 3.05) is 13.2 Å². The molecular formula is C17H33NO3. The van der Waals surface area contributed by atoms with Crippen LogP contribution in [0.3, 0.4) is 0 Å². The van der Waals surface area contributed by atoms with Crippen molar-refractivity contribution in [3.63, 3.8) is 0 Å². The van der Waals surface area contributed by atoms with Gasteiger partial charge in [0.15, 0.2) is 0 Å². The summed E-state index contributed by atoms with van der Waals surface area (Å²) in [4.78, 5) is 22.8. The Hall–Kier alpha value is -1.06. The zero-order chi connectivity index (χ0) is 15.9. The minimum Gasteiger partial charge on any atom is -0.464 e. The minimum atomic E-state index is -0.338. The Morgan fingerprint density at radius 1 is 0.952 bits per heavy atom. The van der Waals surface area contributed by atoms with Crippen molar-refractivity contribution in [2.24, 2.45) is 5.92 Å². The third-order valence-electron chi connectivity index (χ3n) is 3.28. The summed E-state index contributed by atoms with van der Waals surface area (Å²) in [5.74, 6) is -0.123. The van der Waals surface area contributed by atoms with Gasteiger partial charge in [0.1, 0.15) is 6.54 Å². The summed E-state index contributed by atoms with van der Waals surface area (Å²) in [5, 5.41) is 2.58. The van der Waals surface area contributed by atoms with Gasteiger partial charge in [-0.2, -0.15) is 0 Å². The van der Waals surface area contributed by atoms with E-state index >= 15 is 0 Å². The zero-order valence-electron chi connectivity index (χ0n) is 14.1. The molecule has 0 radical (unpaired) electrons. The predicted molar refractivity (Wildman–Crippen MR) is 86.0 cm³/mol. The fourth-order valence-corrected chi connectivity index (χ4v) is 2.09. The maximum absolute atomic E-state index is 11.4. The van der Waals surface area contributed by atoms with Gasteiger partial charge in [-0.3, -0.25) is 9.59 Å². The first-order valence-corrected chi connectivity index (χ1v) is 8.48. The Balaban J connectivity index is 3.32. The number of rotatable bonds is 13. The SMILES string of the molecule is CCCCCCCCCCOC(=O)CNC(=O)CC(C)C. The van der Waals surface area contributed by atoms with Crippen LogP contribution in [0.2, 0.25) is 0 Å². The van der Waals surface area contributed by atoms with Gasteiger partial charge >= 0.3 is 5.97 Å². The second-order valence-electron chi connectivity index (χ2n) is 6.07. The number of amides is 1. The maximum Gasteiger partial charge on any atom is 0.325 e. The molecule has 0 heterocycles. The minimum absolute atomic E-state index is 0.0113. The number of esters is 1. The van der Waals surface area contributed by atoms with Crippen LogP contribution in [-0.4, -0.2) is 25.0 Å². The molecule has 0 rings (SSSR count). The summed E-state index contributed by atoms with van der Waals surface area (Å²) in [7, 11) is 0. The van der Waals surface area contributed by atoms with E-state index in [4.69, 9.17) is 4.74 Å². The lowest BCUT2D eigenvalue weighted by molar-refractivity contribution is -0.144. The second-order valence-corrected chi connectivity index (χ2v) is 6.07. The molecule has 0 saturated carbocycles. The molecule has 0 aliphatic heterocycles. The summed E-state index contributed by atoms with van der Waals surface area (Å²) in [6, 6.07) is 0. The van der Waals surface area contributed by atoms with Gasteiger partial charge in [0.2, 0.25) is 5.91 Å². The lowest BCUT2D eigenvalue weighted by Gasteiger charge is -2.07. The molecule has 0 aliphatic rings. The molecule has 0 aromatic rings. The Morgan fingerprint density at radius 3 is 2.10 bits per heavy atom. The van der Waals surface area contributed by atoms with Crippen LogP contribution in [0.1, 0.15) is 78.6 Å². The number of carbonyl (C=O) groups is 2. The Kier molecular flexibility index (Phi) is 13.2. The van der Waals surface area contributed by atoms with Gasteiger partial charge in [0, 0.05) is 6.42 Å². The van der Waals surface area contributed by atoms with Gasteiger partial charge in [0.05, 0.1) is 6.61 Å². The molecule has 0 unspecified atom stereocenters. The van der Waals surface area contributed by atoms with Crippen LogP contribution in [0.15, 0.2) is 0 Å². The van der Waals surface area contributed by atoms with E-state index in [-0.39, 0.29) is 18.4 Å². The molecule has 1 amide bonds. The standard InChI is InChI=1S/C17H33NO3/c1-4-5-6-7-8-9-10-11-12-21-17(20)14-18-16(19)13-15(2)3/h15H,4-14H2,1-3H3,(H,18,19). The van der Waals surface area contributed by atoms with Crippen LogP contribution in [0.25, 0.3) is 0 Å².